The molecule has 142 valence electrons. The van der Waals surface area contributed by atoms with E-state index in [2.05, 4.69) is 39.4 Å². The van der Waals surface area contributed by atoms with E-state index in [1.807, 2.05) is 0 Å². The summed E-state index contributed by atoms with van der Waals surface area (Å²) in [5.41, 5.74) is 2.26. The molecule has 1 aliphatic carbocycles. The molecule has 3 aliphatic rings. The standard InChI is InChI=1S/C22H33N3O/c26-22(17-25-14-11-19-5-1-2-6-20(19)16-25)23-21-9-7-18(8-10-21)15-24-12-3-4-13-24/h7-10,19-20H,1-6,11-17H2,(H,23,26)/t19-,20+/m0/s1. The Kier molecular flexibility index (Phi) is 5.91. The largest absolute Gasteiger partial charge is 0.325 e. The molecule has 2 aliphatic heterocycles. The van der Waals surface area contributed by atoms with Crippen LogP contribution in [0.15, 0.2) is 24.3 Å². The lowest BCUT2D eigenvalue weighted by Crippen LogP contribution is -2.44. The van der Waals surface area contributed by atoms with Crippen molar-refractivity contribution < 1.29 is 4.79 Å². The van der Waals surface area contributed by atoms with Crippen LogP contribution in [-0.2, 0) is 11.3 Å². The number of anilines is 1. The number of likely N-dealkylation sites (tertiary alicyclic amines) is 2. The number of carbonyl (C=O) groups is 1. The summed E-state index contributed by atoms with van der Waals surface area (Å²) in [5, 5.41) is 3.09. The monoisotopic (exact) mass is 355 g/mol. The molecular formula is C22H33N3O. The summed E-state index contributed by atoms with van der Waals surface area (Å²) in [6.45, 7) is 6.21. The van der Waals surface area contributed by atoms with E-state index in [0.717, 1.165) is 37.2 Å². The Bertz CT molecular complexity index is 594. The maximum Gasteiger partial charge on any atom is 0.238 e. The van der Waals surface area contributed by atoms with Gasteiger partial charge in [-0.15, -0.1) is 0 Å². The molecule has 0 spiro atoms. The van der Waals surface area contributed by atoms with Crippen LogP contribution in [-0.4, -0.2) is 48.4 Å². The number of benzene rings is 1. The second kappa shape index (κ2) is 8.53. The van der Waals surface area contributed by atoms with E-state index in [-0.39, 0.29) is 5.91 Å². The van der Waals surface area contributed by atoms with Gasteiger partial charge in [-0.05, 0) is 74.8 Å². The Morgan fingerprint density at radius 1 is 0.885 bits per heavy atom. The van der Waals surface area contributed by atoms with Gasteiger partial charge >= 0.3 is 0 Å². The van der Waals surface area contributed by atoms with Gasteiger partial charge in [0.15, 0.2) is 0 Å². The molecular weight excluding hydrogens is 322 g/mol. The van der Waals surface area contributed by atoms with Crippen LogP contribution in [0.2, 0.25) is 0 Å². The second-order valence-corrected chi connectivity index (χ2v) is 8.56. The van der Waals surface area contributed by atoms with Crippen molar-refractivity contribution in [3.05, 3.63) is 29.8 Å². The van der Waals surface area contributed by atoms with Crippen molar-refractivity contribution >= 4 is 11.6 Å². The zero-order valence-electron chi connectivity index (χ0n) is 16.0. The number of piperidine rings is 1. The van der Waals surface area contributed by atoms with Crippen LogP contribution in [0.1, 0.15) is 50.5 Å². The second-order valence-electron chi connectivity index (χ2n) is 8.56. The fourth-order valence-electron chi connectivity index (χ4n) is 5.12. The first-order valence-corrected chi connectivity index (χ1v) is 10.6. The highest BCUT2D eigenvalue weighted by molar-refractivity contribution is 5.92. The van der Waals surface area contributed by atoms with Crippen molar-refractivity contribution in [2.75, 3.05) is 38.0 Å². The predicted molar refractivity (Wildman–Crippen MR) is 106 cm³/mol. The van der Waals surface area contributed by atoms with Gasteiger partial charge in [-0.3, -0.25) is 14.6 Å². The van der Waals surface area contributed by atoms with Crippen molar-refractivity contribution in [3.63, 3.8) is 0 Å². The number of nitrogens with zero attached hydrogens (tertiary/aromatic N) is 2. The first-order valence-electron chi connectivity index (χ1n) is 10.6. The van der Waals surface area contributed by atoms with Gasteiger partial charge in [0.25, 0.3) is 0 Å². The Balaban J connectivity index is 1.24. The molecule has 0 radical (unpaired) electrons. The van der Waals surface area contributed by atoms with Gasteiger partial charge in [-0.1, -0.05) is 31.4 Å². The van der Waals surface area contributed by atoms with Crippen LogP contribution in [0.4, 0.5) is 5.69 Å². The third-order valence-corrected chi connectivity index (χ3v) is 6.59. The number of fused-ring (bicyclic) bond motifs is 1. The fourth-order valence-corrected chi connectivity index (χ4v) is 5.12. The van der Waals surface area contributed by atoms with Crippen molar-refractivity contribution in [3.8, 4) is 0 Å². The van der Waals surface area contributed by atoms with Gasteiger partial charge in [0.05, 0.1) is 6.54 Å². The Morgan fingerprint density at radius 3 is 2.38 bits per heavy atom. The molecule has 1 aromatic carbocycles. The van der Waals surface area contributed by atoms with Crippen molar-refractivity contribution in [1.82, 2.24) is 9.80 Å². The molecule has 2 atom stereocenters. The van der Waals surface area contributed by atoms with Crippen LogP contribution >= 0.6 is 0 Å². The van der Waals surface area contributed by atoms with Gasteiger partial charge in [-0.25, -0.2) is 0 Å². The number of carbonyl (C=O) groups excluding carboxylic acids is 1. The van der Waals surface area contributed by atoms with Crippen LogP contribution in [0.5, 0.6) is 0 Å². The minimum Gasteiger partial charge on any atom is -0.325 e. The van der Waals surface area contributed by atoms with E-state index in [4.69, 9.17) is 0 Å². The SMILES string of the molecule is O=C(CN1CC[C@@H]2CCCC[C@@H]2C1)Nc1ccc(CN2CCCC2)cc1. The van der Waals surface area contributed by atoms with E-state index in [1.165, 1.54) is 63.6 Å². The molecule has 2 heterocycles. The van der Waals surface area contributed by atoms with Crippen molar-refractivity contribution in [1.29, 1.82) is 0 Å². The van der Waals surface area contributed by atoms with Crippen LogP contribution < -0.4 is 5.32 Å². The Labute approximate surface area is 157 Å². The third kappa shape index (κ3) is 4.66. The van der Waals surface area contributed by atoms with E-state index in [1.54, 1.807) is 0 Å². The summed E-state index contributed by atoms with van der Waals surface area (Å²) >= 11 is 0. The van der Waals surface area contributed by atoms with Crippen molar-refractivity contribution in [2.24, 2.45) is 11.8 Å². The van der Waals surface area contributed by atoms with Crippen molar-refractivity contribution in [2.45, 2.75) is 51.5 Å². The molecule has 0 unspecified atom stereocenters. The van der Waals surface area contributed by atoms with E-state index in [0.29, 0.717) is 6.54 Å². The molecule has 1 amide bonds. The van der Waals surface area contributed by atoms with E-state index >= 15 is 0 Å². The van der Waals surface area contributed by atoms with Crippen LogP contribution in [0, 0.1) is 11.8 Å². The van der Waals surface area contributed by atoms with Crippen LogP contribution in [0.3, 0.4) is 0 Å². The summed E-state index contributed by atoms with van der Waals surface area (Å²) in [5.74, 6) is 1.88. The topological polar surface area (TPSA) is 35.6 Å². The summed E-state index contributed by atoms with van der Waals surface area (Å²) in [7, 11) is 0. The zero-order valence-corrected chi connectivity index (χ0v) is 16.0. The maximum absolute atomic E-state index is 12.4. The molecule has 26 heavy (non-hydrogen) atoms. The van der Waals surface area contributed by atoms with Gasteiger partial charge in [0.1, 0.15) is 0 Å². The van der Waals surface area contributed by atoms with Gasteiger partial charge in [0.2, 0.25) is 5.91 Å². The van der Waals surface area contributed by atoms with Gasteiger partial charge < -0.3 is 5.32 Å². The number of amides is 1. The third-order valence-electron chi connectivity index (χ3n) is 6.59. The number of nitrogens with one attached hydrogen (secondary N) is 1. The molecule has 1 aromatic rings. The zero-order chi connectivity index (χ0) is 17.8. The lowest BCUT2D eigenvalue weighted by atomic mass is 9.75. The highest BCUT2D eigenvalue weighted by Gasteiger charge is 2.31. The predicted octanol–water partition coefficient (Wildman–Crippen LogP) is 3.73. The quantitative estimate of drug-likeness (QED) is 0.874. The molecule has 1 N–H and O–H groups in total. The Hall–Kier alpha value is -1.39. The normalized spacial score (nSPS) is 27.2. The maximum atomic E-state index is 12.4. The summed E-state index contributed by atoms with van der Waals surface area (Å²) in [4.78, 5) is 17.3. The van der Waals surface area contributed by atoms with Gasteiger partial charge in [0, 0.05) is 18.8 Å². The fraction of sp³-hybridized carbons (Fsp3) is 0.682. The highest BCUT2D eigenvalue weighted by Crippen LogP contribution is 2.35. The number of hydrogen-bond acceptors (Lipinski definition) is 3. The molecule has 1 saturated carbocycles. The average Bonchev–Trinajstić information content (AvgIpc) is 3.16. The summed E-state index contributed by atoms with van der Waals surface area (Å²) < 4.78 is 0. The van der Waals surface area contributed by atoms with E-state index in [9.17, 15) is 4.79 Å². The van der Waals surface area contributed by atoms with E-state index < -0.39 is 0 Å². The first-order chi connectivity index (χ1) is 12.8. The Morgan fingerprint density at radius 2 is 1.62 bits per heavy atom. The molecule has 4 heteroatoms. The number of hydrogen-bond donors (Lipinski definition) is 1. The molecule has 0 bridgehead atoms. The first kappa shape index (κ1) is 18.0. The molecule has 3 fully saturated rings. The average molecular weight is 356 g/mol. The van der Waals surface area contributed by atoms with Gasteiger partial charge in [-0.2, -0.15) is 0 Å². The summed E-state index contributed by atoms with van der Waals surface area (Å²) in [6, 6.07) is 8.41. The minimum atomic E-state index is 0.131. The van der Waals surface area contributed by atoms with Crippen LogP contribution in [0.25, 0.3) is 0 Å². The molecule has 4 nitrogen and oxygen atoms in total. The number of rotatable bonds is 5. The lowest BCUT2D eigenvalue weighted by molar-refractivity contribution is -0.118. The molecule has 4 rings (SSSR count). The highest BCUT2D eigenvalue weighted by atomic mass is 16.2. The molecule has 2 saturated heterocycles. The minimum absolute atomic E-state index is 0.131. The summed E-state index contributed by atoms with van der Waals surface area (Å²) in [6.07, 6.45) is 9.50. The molecule has 0 aromatic heterocycles. The lowest BCUT2D eigenvalue weighted by Gasteiger charge is -2.41. The smallest absolute Gasteiger partial charge is 0.238 e.